The molecule has 0 radical (unpaired) electrons. The molecule has 6 heteroatoms. The zero-order chi connectivity index (χ0) is 16.9. The first-order valence-electron chi connectivity index (χ1n) is 7.73. The van der Waals surface area contributed by atoms with Crippen LogP contribution in [0.15, 0.2) is 48.5 Å². The van der Waals surface area contributed by atoms with E-state index in [1.807, 2.05) is 0 Å². The molecule has 1 heterocycles. The predicted molar refractivity (Wildman–Crippen MR) is 90.4 cm³/mol. The van der Waals surface area contributed by atoms with Gasteiger partial charge in [-0.3, -0.25) is 0 Å². The number of hydrogen-bond donors (Lipinski definition) is 1. The summed E-state index contributed by atoms with van der Waals surface area (Å²) in [5.74, 6) is -0.257. The van der Waals surface area contributed by atoms with E-state index in [4.69, 9.17) is 5.26 Å². The van der Waals surface area contributed by atoms with Crippen molar-refractivity contribution in [3.05, 3.63) is 59.9 Å². The van der Waals surface area contributed by atoms with Crippen LogP contribution in [0.5, 0.6) is 0 Å². The summed E-state index contributed by atoms with van der Waals surface area (Å²) >= 11 is 0. The number of nitrogens with one attached hydrogen (secondary N) is 1. The number of piperazine rings is 1. The third-order valence-electron chi connectivity index (χ3n) is 4.05. The number of anilines is 2. The highest BCUT2D eigenvalue weighted by Gasteiger charge is 2.21. The van der Waals surface area contributed by atoms with Crippen LogP contribution < -0.4 is 10.2 Å². The first kappa shape index (κ1) is 15.8. The lowest BCUT2D eigenvalue weighted by atomic mass is 10.2. The number of hydrogen-bond acceptors (Lipinski definition) is 3. The van der Waals surface area contributed by atoms with Crippen molar-refractivity contribution in [2.24, 2.45) is 0 Å². The number of halogens is 1. The van der Waals surface area contributed by atoms with Crippen molar-refractivity contribution in [3.8, 4) is 6.07 Å². The second kappa shape index (κ2) is 7.01. The molecule has 1 N–H and O–H groups in total. The molecule has 24 heavy (non-hydrogen) atoms. The van der Waals surface area contributed by atoms with Gasteiger partial charge in [-0.1, -0.05) is 12.1 Å². The largest absolute Gasteiger partial charge is 0.368 e. The predicted octanol–water partition coefficient (Wildman–Crippen LogP) is 3.05. The fourth-order valence-electron chi connectivity index (χ4n) is 2.70. The molecule has 2 aromatic carbocycles. The van der Waals surface area contributed by atoms with E-state index >= 15 is 0 Å². The standard InChI is InChI=1S/C18H17FN4O/c19-15-5-7-16(8-6-15)22-9-11-23(12-10-22)18(24)21-17-4-2-1-3-14(17)13-20/h1-8H,9-12H2,(H,21,24). The fraction of sp³-hybridized carbons (Fsp3) is 0.222. The number of nitrogens with zero attached hydrogens (tertiary/aromatic N) is 3. The number of nitriles is 1. The Balaban J connectivity index is 1.59. The van der Waals surface area contributed by atoms with Gasteiger partial charge in [-0.2, -0.15) is 5.26 Å². The van der Waals surface area contributed by atoms with Crippen molar-refractivity contribution in [1.29, 1.82) is 5.26 Å². The van der Waals surface area contributed by atoms with Crippen LogP contribution in [0.25, 0.3) is 0 Å². The summed E-state index contributed by atoms with van der Waals surface area (Å²) in [6, 6.07) is 15.1. The number of para-hydroxylation sites is 1. The minimum Gasteiger partial charge on any atom is -0.368 e. The van der Waals surface area contributed by atoms with Crippen LogP contribution in [0.4, 0.5) is 20.6 Å². The maximum Gasteiger partial charge on any atom is 0.322 e. The zero-order valence-electron chi connectivity index (χ0n) is 13.1. The molecule has 0 aliphatic carbocycles. The highest BCUT2D eigenvalue weighted by atomic mass is 19.1. The van der Waals surface area contributed by atoms with Crippen molar-refractivity contribution in [3.63, 3.8) is 0 Å². The molecule has 0 atom stereocenters. The average molecular weight is 324 g/mol. The molecule has 1 fully saturated rings. The van der Waals surface area contributed by atoms with Gasteiger partial charge >= 0.3 is 6.03 Å². The molecule has 1 aliphatic heterocycles. The van der Waals surface area contributed by atoms with Gasteiger partial charge in [0.25, 0.3) is 0 Å². The van der Waals surface area contributed by atoms with E-state index in [0.717, 1.165) is 5.69 Å². The van der Waals surface area contributed by atoms with Crippen molar-refractivity contribution in [1.82, 2.24) is 4.90 Å². The van der Waals surface area contributed by atoms with Crippen LogP contribution in [0.1, 0.15) is 5.56 Å². The van der Waals surface area contributed by atoms with Gasteiger partial charge in [0.1, 0.15) is 11.9 Å². The molecule has 2 aromatic rings. The molecular formula is C18H17FN4O. The highest BCUT2D eigenvalue weighted by molar-refractivity contribution is 5.91. The molecule has 0 spiro atoms. The average Bonchev–Trinajstić information content (AvgIpc) is 2.63. The third-order valence-corrected chi connectivity index (χ3v) is 4.05. The van der Waals surface area contributed by atoms with Gasteiger partial charge in [0.2, 0.25) is 0 Å². The third kappa shape index (κ3) is 3.46. The smallest absolute Gasteiger partial charge is 0.322 e. The lowest BCUT2D eigenvalue weighted by molar-refractivity contribution is 0.208. The maximum absolute atomic E-state index is 13.0. The molecule has 1 aliphatic rings. The summed E-state index contributed by atoms with van der Waals surface area (Å²) in [6.45, 7) is 2.49. The Hall–Kier alpha value is -3.07. The first-order chi connectivity index (χ1) is 11.7. The number of urea groups is 1. The minimum atomic E-state index is -0.257. The molecule has 1 saturated heterocycles. The van der Waals surface area contributed by atoms with Gasteiger partial charge < -0.3 is 15.1 Å². The van der Waals surface area contributed by atoms with E-state index in [-0.39, 0.29) is 11.8 Å². The molecule has 0 aromatic heterocycles. The number of benzene rings is 2. The van der Waals surface area contributed by atoms with Gasteiger partial charge in [-0.15, -0.1) is 0 Å². The summed E-state index contributed by atoms with van der Waals surface area (Å²) in [5, 5.41) is 11.9. The lowest BCUT2D eigenvalue weighted by Crippen LogP contribution is -2.50. The number of carbonyl (C=O) groups excluding carboxylic acids is 1. The van der Waals surface area contributed by atoms with Crippen molar-refractivity contribution >= 4 is 17.4 Å². The number of rotatable bonds is 2. The molecule has 122 valence electrons. The van der Waals surface area contributed by atoms with E-state index in [2.05, 4.69) is 16.3 Å². The molecule has 3 rings (SSSR count). The topological polar surface area (TPSA) is 59.4 Å². The quantitative estimate of drug-likeness (QED) is 0.923. The van der Waals surface area contributed by atoms with E-state index < -0.39 is 0 Å². The molecule has 0 saturated carbocycles. The Bertz CT molecular complexity index is 761. The summed E-state index contributed by atoms with van der Waals surface area (Å²) < 4.78 is 13.0. The van der Waals surface area contributed by atoms with Crippen LogP contribution in [-0.4, -0.2) is 37.1 Å². The van der Waals surface area contributed by atoms with Crippen molar-refractivity contribution < 1.29 is 9.18 Å². The first-order valence-corrected chi connectivity index (χ1v) is 7.73. The second-order valence-corrected chi connectivity index (χ2v) is 5.54. The SMILES string of the molecule is N#Cc1ccccc1NC(=O)N1CCN(c2ccc(F)cc2)CC1. The summed E-state index contributed by atoms with van der Waals surface area (Å²) in [6.07, 6.45) is 0. The van der Waals surface area contributed by atoms with Gasteiger partial charge in [0.15, 0.2) is 0 Å². The Labute approximate surface area is 139 Å². The van der Waals surface area contributed by atoms with E-state index in [1.165, 1.54) is 12.1 Å². The van der Waals surface area contributed by atoms with Crippen molar-refractivity contribution in [2.45, 2.75) is 0 Å². The van der Waals surface area contributed by atoms with Crippen LogP contribution in [0, 0.1) is 17.1 Å². The van der Waals surface area contributed by atoms with E-state index in [0.29, 0.717) is 37.4 Å². The van der Waals surface area contributed by atoms with E-state index in [9.17, 15) is 9.18 Å². The summed E-state index contributed by atoms with van der Waals surface area (Å²) in [5.41, 5.74) is 1.91. The Kier molecular flexibility index (Phi) is 4.62. The summed E-state index contributed by atoms with van der Waals surface area (Å²) in [4.78, 5) is 16.2. The molecule has 5 nitrogen and oxygen atoms in total. The van der Waals surface area contributed by atoms with Crippen LogP contribution >= 0.6 is 0 Å². The Morgan fingerprint density at radius 3 is 2.38 bits per heavy atom. The summed E-state index contributed by atoms with van der Waals surface area (Å²) in [7, 11) is 0. The molecule has 0 bridgehead atoms. The normalized spacial score (nSPS) is 14.2. The van der Waals surface area contributed by atoms with Gasteiger partial charge in [0.05, 0.1) is 11.3 Å². The Morgan fingerprint density at radius 1 is 1.04 bits per heavy atom. The van der Waals surface area contributed by atoms with Crippen LogP contribution in [0.2, 0.25) is 0 Å². The maximum atomic E-state index is 13.0. The number of amides is 2. The van der Waals surface area contributed by atoms with Gasteiger partial charge in [-0.05, 0) is 36.4 Å². The van der Waals surface area contributed by atoms with Crippen LogP contribution in [-0.2, 0) is 0 Å². The molecular weight excluding hydrogens is 307 g/mol. The van der Waals surface area contributed by atoms with Gasteiger partial charge in [0, 0.05) is 31.9 Å². The van der Waals surface area contributed by atoms with E-state index in [1.54, 1.807) is 41.3 Å². The molecule has 0 unspecified atom stereocenters. The fourth-order valence-corrected chi connectivity index (χ4v) is 2.70. The number of carbonyl (C=O) groups is 1. The second-order valence-electron chi connectivity index (χ2n) is 5.54. The van der Waals surface area contributed by atoms with Gasteiger partial charge in [-0.25, -0.2) is 9.18 Å². The lowest BCUT2D eigenvalue weighted by Gasteiger charge is -2.36. The highest BCUT2D eigenvalue weighted by Crippen LogP contribution is 2.18. The Morgan fingerprint density at radius 2 is 1.71 bits per heavy atom. The molecule has 2 amide bonds. The van der Waals surface area contributed by atoms with Crippen molar-refractivity contribution in [2.75, 3.05) is 36.4 Å². The zero-order valence-corrected chi connectivity index (χ0v) is 13.1. The minimum absolute atomic E-state index is 0.212. The monoisotopic (exact) mass is 324 g/mol. The van der Waals surface area contributed by atoms with Crippen LogP contribution in [0.3, 0.4) is 0 Å².